The van der Waals surface area contributed by atoms with E-state index in [2.05, 4.69) is 15.2 Å². The van der Waals surface area contributed by atoms with Crippen molar-refractivity contribution in [3.05, 3.63) is 114 Å². The van der Waals surface area contributed by atoms with E-state index >= 15 is 8.78 Å². The summed E-state index contributed by atoms with van der Waals surface area (Å²) in [5.41, 5.74) is 3.21. The smallest absolute Gasteiger partial charge is 0.314 e. The Kier molecular flexibility index (Phi) is 7.78. The number of benzene rings is 3. The molecule has 7 nitrogen and oxygen atoms in total. The number of aliphatic carboxylic acids is 1. The van der Waals surface area contributed by atoms with E-state index in [0.29, 0.717) is 48.4 Å². The van der Waals surface area contributed by atoms with E-state index in [1.807, 2.05) is 48.5 Å². The van der Waals surface area contributed by atoms with E-state index in [1.165, 1.54) is 0 Å². The molecule has 0 bridgehead atoms. The molecule has 1 fully saturated rings. The number of carboxylic acid groups (broad SMARTS) is 1. The van der Waals surface area contributed by atoms with Crippen LogP contribution in [0.3, 0.4) is 0 Å². The van der Waals surface area contributed by atoms with Gasteiger partial charge in [-0.25, -0.2) is 13.3 Å². The fourth-order valence-corrected chi connectivity index (χ4v) is 4.81. The van der Waals surface area contributed by atoms with Crippen LogP contribution in [-0.2, 0) is 26.3 Å². The molecule has 1 aliphatic carbocycles. The minimum Gasteiger partial charge on any atom is -0.481 e. The van der Waals surface area contributed by atoms with E-state index < -0.39 is 23.0 Å². The van der Waals surface area contributed by atoms with Gasteiger partial charge in [0, 0.05) is 24.4 Å². The summed E-state index contributed by atoms with van der Waals surface area (Å²) in [4.78, 5) is 21.3. The molecule has 0 atom stereocenters. The maximum Gasteiger partial charge on any atom is 0.314 e. The first-order chi connectivity index (χ1) is 19.9. The van der Waals surface area contributed by atoms with Gasteiger partial charge in [0.05, 0.1) is 16.6 Å². The lowest BCUT2D eigenvalue weighted by molar-refractivity contribution is -0.140. The molecule has 3 aromatic carbocycles. The molecule has 2 heterocycles. The molecule has 0 amide bonds. The lowest BCUT2D eigenvalue weighted by Gasteiger charge is -2.12. The van der Waals surface area contributed by atoms with Gasteiger partial charge in [-0.2, -0.15) is 5.10 Å². The number of fused-ring (bicyclic) bond motifs is 1. The fourth-order valence-electron chi connectivity index (χ4n) is 4.81. The van der Waals surface area contributed by atoms with Crippen LogP contribution in [0.15, 0.2) is 91.1 Å². The van der Waals surface area contributed by atoms with E-state index in [-0.39, 0.29) is 11.1 Å². The summed E-state index contributed by atoms with van der Waals surface area (Å²) in [7, 11) is 1.71. The topological polar surface area (TPSA) is 92.9 Å². The third-order valence-electron chi connectivity index (χ3n) is 7.17. The van der Waals surface area contributed by atoms with Crippen molar-refractivity contribution in [1.29, 1.82) is 0 Å². The Bertz CT molecular complexity index is 1700. The average molecular weight is 556 g/mol. The highest BCUT2D eigenvalue weighted by molar-refractivity contribution is 5.88. The molecule has 0 aliphatic heterocycles. The lowest BCUT2D eigenvalue weighted by Crippen LogP contribution is -2.19. The third kappa shape index (κ3) is 5.51. The second kappa shape index (κ2) is 11.6. The number of ether oxygens (including phenoxy) is 1. The third-order valence-corrected chi connectivity index (χ3v) is 7.17. The first-order valence-electron chi connectivity index (χ1n) is 13.0. The average Bonchev–Trinajstić information content (AvgIpc) is 3.73. The lowest BCUT2D eigenvalue weighted by atomic mass is 9.93. The highest BCUT2D eigenvalue weighted by atomic mass is 19.1. The highest BCUT2D eigenvalue weighted by Gasteiger charge is 2.51. The van der Waals surface area contributed by atoms with Gasteiger partial charge in [-0.3, -0.25) is 9.59 Å². The van der Waals surface area contributed by atoms with Crippen molar-refractivity contribution in [1.82, 2.24) is 9.61 Å². The SMILES string of the molecule is CNc1c(-c2cc(F)c(-c3ccc(C4(C(=O)O)CC4)cc3)cc2F)nn2ccccc12.O=COCc1ccccc1. The fraction of sp³-hybridized carbons (Fsp3) is 0.156. The van der Waals surface area contributed by atoms with Crippen LogP contribution in [0.25, 0.3) is 27.9 Å². The van der Waals surface area contributed by atoms with Crippen molar-refractivity contribution in [3.63, 3.8) is 0 Å². The largest absolute Gasteiger partial charge is 0.481 e. The molecule has 6 rings (SSSR count). The van der Waals surface area contributed by atoms with Crippen LogP contribution in [0.5, 0.6) is 0 Å². The summed E-state index contributed by atoms with van der Waals surface area (Å²) >= 11 is 0. The summed E-state index contributed by atoms with van der Waals surface area (Å²) in [6.45, 7) is 0.817. The maximum atomic E-state index is 15.1. The van der Waals surface area contributed by atoms with Gasteiger partial charge in [-0.1, -0.05) is 60.7 Å². The summed E-state index contributed by atoms with van der Waals surface area (Å²) in [5.74, 6) is -2.03. The Morgan fingerprint density at radius 3 is 2.29 bits per heavy atom. The summed E-state index contributed by atoms with van der Waals surface area (Å²) in [6.07, 6.45) is 2.92. The quantitative estimate of drug-likeness (QED) is 0.213. The summed E-state index contributed by atoms with van der Waals surface area (Å²) in [6, 6.07) is 24.0. The van der Waals surface area contributed by atoms with Crippen molar-refractivity contribution in [2.75, 3.05) is 12.4 Å². The van der Waals surface area contributed by atoms with E-state index in [1.54, 1.807) is 42.0 Å². The van der Waals surface area contributed by atoms with Crippen molar-refractivity contribution < 1.29 is 28.2 Å². The van der Waals surface area contributed by atoms with Gasteiger partial charge in [0.15, 0.2) is 0 Å². The molecule has 0 spiro atoms. The number of nitrogens with zero attached hydrogens (tertiary/aromatic N) is 2. The first-order valence-corrected chi connectivity index (χ1v) is 13.0. The zero-order valence-electron chi connectivity index (χ0n) is 22.2. The molecular weight excluding hydrogens is 528 g/mol. The van der Waals surface area contributed by atoms with Gasteiger partial charge in [-0.15, -0.1) is 0 Å². The van der Waals surface area contributed by atoms with Crippen LogP contribution in [-0.4, -0.2) is 34.2 Å². The number of rotatable bonds is 8. The molecule has 2 N–H and O–H groups in total. The minimum absolute atomic E-state index is 0.0636. The zero-order valence-corrected chi connectivity index (χ0v) is 22.2. The van der Waals surface area contributed by atoms with Gasteiger partial charge < -0.3 is 15.2 Å². The minimum atomic E-state index is -0.852. The molecule has 1 aliphatic rings. The second-order valence-corrected chi connectivity index (χ2v) is 9.67. The first kappa shape index (κ1) is 27.5. The van der Waals surface area contributed by atoms with Gasteiger partial charge in [0.25, 0.3) is 6.47 Å². The zero-order chi connectivity index (χ0) is 29.0. The number of hydrogen-bond acceptors (Lipinski definition) is 5. The van der Waals surface area contributed by atoms with Crippen molar-refractivity contribution >= 4 is 23.6 Å². The molecule has 0 radical (unpaired) electrons. The number of carbonyl (C=O) groups excluding carboxylic acids is 1. The molecule has 5 aromatic rings. The Morgan fingerprint density at radius 2 is 1.66 bits per heavy atom. The van der Waals surface area contributed by atoms with Crippen LogP contribution in [0.4, 0.5) is 14.5 Å². The molecular formula is C32H27F2N3O4. The van der Waals surface area contributed by atoms with Crippen LogP contribution in [0.1, 0.15) is 24.0 Å². The Hall–Kier alpha value is -5.05. The van der Waals surface area contributed by atoms with E-state index in [9.17, 15) is 14.7 Å². The molecule has 0 saturated heterocycles. The summed E-state index contributed by atoms with van der Waals surface area (Å²) < 4.78 is 36.3. The summed E-state index contributed by atoms with van der Waals surface area (Å²) in [5, 5.41) is 16.9. The molecule has 9 heteroatoms. The standard InChI is InChI=1S/C24H19F2N3O2.C8H8O2/c1-27-22-20-4-2-3-11-29(20)28-21(22)17-13-18(25)16(12-19(17)26)14-5-7-15(8-6-14)24(9-10-24)23(30)31;9-7-10-6-8-4-2-1-3-5-8/h2-8,11-13,27H,9-10H2,1H3,(H,30,31);1-5,7H,6H2. The van der Waals surface area contributed by atoms with Gasteiger partial charge >= 0.3 is 5.97 Å². The van der Waals surface area contributed by atoms with Crippen molar-refractivity contribution in [2.45, 2.75) is 24.9 Å². The van der Waals surface area contributed by atoms with Crippen LogP contribution < -0.4 is 5.32 Å². The molecule has 1 saturated carbocycles. The molecule has 41 heavy (non-hydrogen) atoms. The van der Waals surface area contributed by atoms with Gasteiger partial charge in [0.2, 0.25) is 0 Å². The predicted octanol–water partition coefficient (Wildman–Crippen LogP) is 6.46. The Balaban J connectivity index is 0.000000287. The van der Waals surface area contributed by atoms with Crippen LogP contribution in [0, 0.1) is 11.6 Å². The van der Waals surface area contributed by atoms with Crippen molar-refractivity contribution in [3.8, 4) is 22.4 Å². The normalized spacial score (nSPS) is 13.1. The molecule has 208 valence electrons. The van der Waals surface area contributed by atoms with Crippen molar-refractivity contribution in [2.24, 2.45) is 0 Å². The maximum absolute atomic E-state index is 15.1. The number of anilines is 1. The second-order valence-electron chi connectivity index (χ2n) is 9.67. The van der Waals surface area contributed by atoms with Crippen LogP contribution in [0.2, 0.25) is 0 Å². The Labute approximate surface area is 235 Å². The van der Waals surface area contributed by atoms with Gasteiger partial charge in [-0.05, 0) is 53.8 Å². The molecule has 0 unspecified atom stereocenters. The number of nitrogens with one attached hydrogen (secondary N) is 1. The monoisotopic (exact) mass is 555 g/mol. The Morgan fingerprint density at radius 1 is 1.00 bits per heavy atom. The number of halogens is 2. The van der Waals surface area contributed by atoms with E-state index in [4.69, 9.17) is 0 Å². The predicted molar refractivity (Wildman–Crippen MR) is 151 cm³/mol. The highest BCUT2D eigenvalue weighted by Crippen LogP contribution is 2.48. The molecule has 2 aromatic heterocycles. The number of carboxylic acids is 1. The number of aromatic nitrogens is 2. The number of pyridine rings is 1. The van der Waals surface area contributed by atoms with Crippen LogP contribution >= 0.6 is 0 Å². The number of carbonyl (C=O) groups is 2. The number of hydrogen-bond donors (Lipinski definition) is 2. The van der Waals surface area contributed by atoms with E-state index in [0.717, 1.165) is 23.2 Å². The van der Waals surface area contributed by atoms with Gasteiger partial charge in [0.1, 0.15) is 23.9 Å².